The van der Waals surface area contributed by atoms with E-state index in [1.54, 1.807) is 0 Å². The Morgan fingerprint density at radius 3 is 2.50 bits per heavy atom. The van der Waals surface area contributed by atoms with Gasteiger partial charge in [-0.2, -0.15) is 0 Å². The first kappa shape index (κ1) is 7.37. The largest absolute Gasteiger partial charge is 0.396 e. The zero-order valence-electron chi connectivity index (χ0n) is 7.96. The standard InChI is InChI=1S/C11H18O/c1-6-8-3-7-4-9(6)11(7,2)10(8)5-12/h6-10,12H,3-5H2,1-2H3/t6-,7+,8+,9+,10?,11-/m1/s1. The van der Waals surface area contributed by atoms with Gasteiger partial charge in [-0.1, -0.05) is 13.8 Å². The molecule has 3 fully saturated rings. The minimum Gasteiger partial charge on any atom is -0.396 e. The molecule has 3 saturated carbocycles. The van der Waals surface area contributed by atoms with Crippen molar-refractivity contribution in [1.82, 2.24) is 0 Å². The molecule has 0 saturated heterocycles. The van der Waals surface area contributed by atoms with E-state index in [1.807, 2.05) is 0 Å². The summed E-state index contributed by atoms with van der Waals surface area (Å²) < 4.78 is 0. The minimum absolute atomic E-state index is 0.443. The van der Waals surface area contributed by atoms with E-state index in [0.29, 0.717) is 17.9 Å². The third kappa shape index (κ3) is 0.501. The lowest BCUT2D eigenvalue weighted by Gasteiger charge is -2.54. The van der Waals surface area contributed by atoms with Gasteiger partial charge < -0.3 is 5.11 Å². The minimum atomic E-state index is 0.443. The van der Waals surface area contributed by atoms with Gasteiger partial charge in [-0.3, -0.25) is 0 Å². The highest BCUT2D eigenvalue weighted by molar-refractivity contribution is 5.18. The predicted octanol–water partition coefficient (Wildman–Crippen LogP) is 1.91. The molecule has 0 aromatic rings. The van der Waals surface area contributed by atoms with Crippen molar-refractivity contribution in [2.24, 2.45) is 35.0 Å². The second kappa shape index (κ2) is 1.89. The van der Waals surface area contributed by atoms with E-state index in [1.165, 1.54) is 12.8 Å². The van der Waals surface area contributed by atoms with Crippen molar-refractivity contribution in [3.63, 3.8) is 0 Å². The predicted molar refractivity (Wildman–Crippen MR) is 47.6 cm³/mol. The molecule has 0 aliphatic heterocycles. The first-order valence-corrected chi connectivity index (χ1v) is 5.30. The van der Waals surface area contributed by atoms with Crippen LogP contribution in [0.1, 0.15) is 26.7 Å². The van der Waals surface area contributed by atoms with E-state index >= 15 is 0 Å². The molecule has 1 N–H and O–H groups in total. The first-order chi connectivity index (χ1) is 5.69. The molecule has 3 aliphatic rings. The van der Waals surface area contributed by atoms with Crippen LogP contribution in [0.5, 0.6) is 0 Å². The average Bonchev–Trinajstić information content (AvgIpc) is 2.33. The summed E-state index contributed by atoms with van der Waals surface area (Å²) in [5.74, 6) is 4.34. The van der Waals surface area contributed by atoms with Crippen LogP contribution in [0.15, 0.2) is 0 Å². The van der Waals surface area contributed by atoms with E-state index in [2.05, 4.69) is 13.8 Å². The first-order valence-electron chi connectivity index (χ1n) is 5.30. The summed E-state index contributed by atoms with van der Waals surface area (Å²) in [5, 5.41) is 9.37. The van der Waals surface area contributed by atoms with Crippen molar-refractivity contribution in [2.45, 2.75) is 26.7 Å². The van der Waals surface area contributed by atoms with Crippen LogP contribution in [-0.2, 0) is 0 Å². The number of hydrogen-bond donors (Lipinski definition) is 1. The monoisotopic (exact) mass is 166 g/mol. The Hall–Kier alpha value is -0.0400. The summed E-state index contributed by atoms with van der Waals surface area (Å²) in [6.07, 6.45) is 2.88. The lowest BCUT2D eigenvalue weighted by molar-refractivity contribution is -0.0628. The molecule has 0 amide bonds. The summed E-state index contributed by atoms with van der Waals surface area (Å²) >= 11 is 0. The average molecular weight is 166 g/mol. The van der Waals surface area contributed by atoms with Gasteiger partial charge in [-0.05, 0) is 47.8 Å². The van der Waals surface area contributed by atoms with Crippen LogP contribution in [0.2, 0.25) is 0 Å². The lowest BCUT2D eigenvalue weighted by atomic mass is 9.51. The molecule has 0 aromatic carbocycles. The van der Waals surface area contributed by atoms with E-state index in [4.69, 9.17) is 0 Å². The zero-order chi connectivity index (χ0) is 8.51. The van der Waals surface area contributed by atoms with Gasteiger partial charge in [-0.25, -0.2) is 0 Å². The maximum atomic E-state index is 9.37. The van der Waals surface area contributed by atoms with Crippen molar-refractivity contribution in [2.75, 3.05) is 6.61 Å². The number of rotatable bonds is 1. The molecule has 2 bridgehead atoms. The lowest BCUT2D eigenvalue weighted by Crippen LogP contribution is -2.48. The second-order valence-corrected chi connectivity index (χ2v) is 5.45. The Balaban J connectivity index is 2.02. The van der Waals surface area contributed by atoms with Crippen molar-refractivity contribution in [3.8, 4) is 0 Å². The van der Waals surface area contributed by atoms with Crippen LogP contribution in [0.3, 0.4) is 0 Å². The fourth-order valence-electron chi connectivity index (χ4n) is 4.83. The maximum absolute atomic E-state index is 9.37. The molecular weight excluding hydrogens is 148 g/mol. The highest BCUT2D eigenvalue weighted by Crippen LogP contribution is 2.75. The van der Waals surface area contributed by atoms with E-state index in [-0.39, 0.29) is 0 Å². The van der Waals surface area contributed by atoms with Gasteiger partial charge in [-0.15, -0.1) is 0 Å². The molecule has 1 nitrogen and oxygen atoms in total. The van der Waals surface area contributed by atoms with Crippen LogP contribution in [0.25, 0.3) is 0 Å². The van der Waals surface area contributed by atoms with Crippen LogP contribution in [0, 0.1) is 35.0 Å². The Labute approximate surface area is 74.2 Å². The van der Waals surface area contributed by atoms with Crippen molar-refractivity contribution >= 4 is 0 Å². The maximum Gasteiger partial charge on any atom is 0.0467 e. The normalized spacial score (nSPS) is 66.8. The van der Waals surface area contributed by atoms with Gasteiger partial charge >= 0.3 is 0 Å². The van der Waals surface area contributed by atoms with Crippen molar-refractivity contribution < 1.29 is 5.11 Å². The molecule has 3 rings (SSSR count). The highest BCUT2D eigenvalue weighted by Gasteiger charge is 2.70. The second-order valence-electron chi connectivity index (χ2n) is 5.45. The van der Waals surface area contributed by atoms with Crippen LogP contribution in [-0.4, -0.2) is 11.7 Å². The van der Waals surface area contributed by atoms with Crippen LogP contribution < -0.4 is 0 Å². The fraction of sp³-hybridized carbons (Fsp3) is 1.00. The Morgan fingerprint density at radius 2 is 2.17 bits per heavy atom. The number of fused-ring (bicyclic) bond motifs is 1. The van der Waals surface area contributed by atoms with Gasteiger partial charge in [0.15, 0.2) is 0 Å². The van der Waals surface area contributed by atoms with Crippen LogP contribution >= 0.6 is 0 Å². The summed E-state index contributed by atoms with van der Waals surface area (Å²) in [6.45, 7) is 5.27. The molecule has 0 spiro atoms. The van der Waals surface area contributed by atoms with Gasteiger partial charge in [0.05, 0.1) is 0 Å². The fourth-order valence-corrected chi connectivity index (χ4v) is 4.83. The molecule has 6 atom stereocenters. The third-order valence-corrected chi connectivity index (χ3v) is 5.60. The molecule has 68 valence electrons. The molecule has 12 heavy (non-hydrogen) atoms. The summed E-state index contributed by atoms with van der Waals surface area (Å²) in [5.41, 5.74) is 0.554. The Morgan fingerprint density at radius 1 is 1.42 bits per heavy atom. The number of aliphatic hydroxyl groups excluding tert-OH is 1. The molecule has 3 aliphatic carbocycles. The Bertz CT molecular complexity index is 225. The molecule has 1 unspecified atom stereocenters. The molecular formula is C11H18O. The zero-order valence-corrected chi connectivity index (χ0v) is 7.96. The summed E-state index contributed by atoms with van der Waals surface area (Å²) in [6, 6.07) is 0. The van der Waals surface area contributed by atoms with E-state index in [9.17, 15) is 5.11 Å². The molecule has 0 heterocycles. The topological polar surface area (TPSA) is 20.2 Å². The molecule has 0 aromatic heterocycles. The molecule has 0 radical (unpaired) electrons. The van der Waals surface area contributed by atoms with E-state index in [0.717, 1.165) is 23.7 Å². The summed E-state index contributed by atoms with van der Waals surface area (Å²) in [4.78, 5) is 0. The quantitative estimate of drug-likeness (QED) is 0.631. The van der Waals surface area contributed by atoms with E-state index < -0.39 is 0 Å². The molecule has 1 heteroatoms. The third-order valence-electron chi connectivity index (χ3n) is 5.60. The SMILES string of the molecule is C[C@@H]1[C@@H]2C[C@H]3C[C@@H]1[C@]3(C)C2CO. The summed E-state index contributed by atoms with van der Waals surface area (Å²) in [7, 11) is 0. The van der Waals surface area contributed by atoms with Gasteiger partial charge in [0.25, 0.3) is 0 Å². The number of hydrogen-bond acceptors (Lipinski definition) is 1. The van der Waals surface area contributed by atoms with Crippen molar-refractivity contribution in [3.05, 3.63) is 0 Å². The highest BCUT2D eigenvalue weighted by atomic mass is 16.3. The van der Waals surface area contributed by atoms with Crippen molar-refractivity contribution in [1.29, 1.82) is 0 Å². The smallest absolute Gasteiger partial charge is 0.0467 e. The van der Waals surface area contributed by atoms with Crippen LogP contribution in [0.4, 0.5) is 0 Å². The van der Waals surface area contributed by atoms with Gasteiger partial charge in [0.2, 0.25) is 0 Å². The number of aliphatic hydroxyl groups is 1. The Kier molecular flexibility index (Phi) is 1.16. The van der Waals surface area contributed by atoms with Gasteiger partial charge in [0.1, 0.15) is 0 Å². The van der Waals surface area contributed by atoms with Gasteiger partial charge in [0, 0.05) is 6.61 Å².